The molecule has 2 N–H and O–H groups in total. The summed E-state index contributed by atoms with van der Waals surface area (Å²) in [6.07, 6.45) is 4.55. The van der Waals surface area contributed by atoms with Crippen molar-refractivity contribution in [3.63, 3.8) is 0 Å². The van der Waals surface area contributed by atoms with Crippen LogP contribution in [0.4, 0.5) is 26.1 Å². The number of anilines is 3. The molecule has 13 heteroatoms. The zero-order valence-electron chi connectivity index (χ0n) is 26.8. The number of nitrogens with zero attached hydrogens (tertiary/aromatic N) is 6. The first-order chi connectivity index (χ1) is 23.9. The van der Waals surface area contributed by atoms with Crippen LogP contribution in [-0.4, -0.2) is 81.4 Å². The van der Waals surface area contributed by atoms with Crippen LogP contribution in [0.25, 0.3) is 27.6 Å². The molecule has 0 unspecified atom stereocenters. The molecule has 1 aliphatic heterocycles. The monoisotopic (exact) mass is 680 g/mol. The number of likely N-dealkylation sites (N-methyl/N-ethyl adjacent to an activating group) is 1. The number of ether oxygens (including phenoxy) is 1. The summed E-state index contributed by atoms with van der Waals surface area (Å²) < 4.78 is 36.5. The molecule has 4 heterocycles. The topological polar surface area (TPSA) is 99.9 Å². The number of fused-ring (bicyclic) bond motifs is 1. The lowest BCUT2D eigenvalue weighted by Gasteiger charge is -2.32. The molecule has 49 heavy (non-hydrogen) atoms. The van der Waals surface area contributed by atoms with Gasteiger partial charge in [-0.15, -0.1) is 11.3 Å². The summed E-state index contributed by atoms with van der Waals surface area (Å²) in [5, 5.41) is 7.84. The van der Waals surface area contributed by atoms with Gasteiger partial charge >= 0.3 is 0 Å². The van der Waals surface area contributed by atoms with Gasteiger partial charge in [0, 0.05) is 73.5 Å². The smallest absolute Gasteiger partial charge is 0.261 e. The summed E-state index contributed by atoms with van der Waals surface area (Å²) in [6.45, 7) is 6.05. The zero-order chi connectivity index (χ0) is 33.7. The van der Waals surface area contributed by atoms with Gasteiger partial charge in [0.2, 0.25) is 5.95 Å². The summed E-state index contributed by atoms with van der Waals surface area (Å²) in [4.78, 5) is 32.5. The fourth-order valence-corrected chi connectivity index (χ4v) is 6.49. The van der Waals surface area contributed by atoms with Gasteiger partial charge in [0.1, 0.15) is 28.6 Å². The predicted octanol–water partition coefficient (Wildman–Crippen LogP) is 6.81. The van der Waals surface area contributed by atoms with Crippen LogP contribution < -0.4 is 15.4 Å². The molecular formula is C36H34F2N8O2S. The lowest BCUT2D eigenvalue weighted by atomic mass is 10.1. The number of hydrogen-bond donors (Lipinski definition) is 2. The van der Waals surface area contributed by atoms with Gasteiger partial charge < -0.3 is 25.2 Å². The summed E-state index contributed by atoms with van der Waals surface area (Å²) in [7, 11) is 2.16. The number of nitrogens with one attached hydrogen (secondary N) is 2. The Balaban J connectivity index is 1.08. The first-order valence-electron chi connectivity index (χ1n) is 16.0. The minimum Gasteiger partial charge on any atom is -0.493 e. The molecule has 0 saturated carbocycles. The second-order valence-corrected chi connectivity index (χ2v) is 12.6. The minimum atomic E-state index is -0.936. The van der Waals surface area contributed by atoms with E-state index in [2.05, 4.69) is 32.5 Å². The number of amides is 1. The summed E-state index contributed by atoms with van der Waals surface area (Å²) in [5.41, 5.74) is 3.16. The maximum absolute atomic E-state index is 14.3. The summed E-state index contributed by atoms with van der Waals surface area (Å²) in [5.74, 6) is -1.59. The molecule has 0 atom stereocenters. The van der Waals surface area contributed by atoms with Crippen LogP contribution in [0.3, 0.4) is 0 Å². The highest BCUT2D eigenvalue weighted by atomic mass is 32.1. The summed E-state index contributed by atoms with van der Waals surface area (Å²) in [6, 6.07) is 19.8. The van der Waals surface area contributed by atoms with Crippen molar-refractivity contribution >= 4 is 39.5 Å². The Bertz CT molecular complexity index is 2070. The van der Waals surface area contributed by atoms with Crippen LogP contribution in [0.2, 0.25) is 0 Å². The Labute approximate surface area is 286 Å². The highest BCUT2D eigenvalue weighted by Crippen LogP contribution is 2.35. The average Bonchev–Trinajstić information content (AvgIpc) is 3.70. The third kappa shape index (κ3) is 7.43. The van der Waals surface area contributed by atoms with Gasteiger partial charge in [-0.05, 0) is 55.9 Å². The number of piperazine rings is 1. The third-order valence-electron chi connectivity index (χ3n) is 8.32. The molecular weight excluding hydrogens is 647 g/mol. The van der Waals surface area contributed by atoms with Crippen LogP contribution in [0.15, 0.2) is 90.6 Å². The van der Waals surface area contributed by atoms with Gasteiger partial charge in [-0.25, -0.2) is 23.7 Å². The van der Waals surface area contributed by atoms with Crippen molar-refractivity contribution in [2.45, 2.75) is 6.42 Å². The molecule has 10 nitrogen and oxygen atoms in total. The molecule has 7 rings (SSSR count). The van der Waals surface area contributed by atoms with Crippen molar-refractivity contribution < 1.29 is 18.3 Å². The number of halogens is 2. The van der Waals surface area contributed by atoms with E-state index in [0.29, 0.717) is 35.2 Å². The Morgan fingerprint density at radius 3 is 2.55 bits per heavy atom. The lowest BCUT2D eigenvalue weighted by molar-refractivity contribution is 0.101. The lowest BCUT2D eigenvalue weighted by Crippen LogP contribution is -2.44. The second kappa shape index (κ2) is 14.5. The number of carbonyl (C=O) groups excluding carboxylic acids is 1. The minimum absolute atomic E-state index is 0.360. The van der Waals surface area contributed by atoms with Gasteiger partial charge in [0.05, 0.1) is 18.0 Å². The Morgan fingerprint density at radius 2 is 1.71 bits per heavy atom. The number of imidazole rings is 1. The number of carbonyl (C=O) groups is 1. The summed E-state index contributed by atoms with van der Waals surface area (Å²) >= 11 is 1.47. The van der Waals surface area contributed by atoms with Crippen LogP contribution in [0.5, 0.6) is 5.75 Å². The Hall–Kier alpha value is -5.24. The highest BCUT2D eigenvalue weighted by Gasteiger charge is 2.21. The number of thiazole rings is 1. The SMILES string of the molecule is CN1CCN(CCCOc2cccc(Nc3nccc(-c4c(-c5cccc(NC(=O)c6c(F)cccc6F)c5)nc5sccn45)n3)c2)CC1. The number of rotatable bonds is 11. The van der Waals surface area contributed by atoms with E-state index in [1.807, 2.05) is 52.4 Å². The van der Waals surface area contributed by atoms with Gasteiger partial charge in [0.25, 0.3) is 5.91 Å². The van der Waals surface area contributed by atoms with E-state index in [4.69, 9.17) is 14.7 Å². The first-order valence-corrected chi connectivity index (χ1v) is 16.8. The molecule has 0 radical (unpaired) electrons. The van der Waals surface area contributed by atoms with Crippen LogP contribution in [0, 0.1) is 11.6 Å². The highest BCUT2D eigenvalue weighted by molar-refractivity contribution is 7.15. The molecule has 1 fully saturated rings. The van der Waals surface area contributed by atoms with E-state index in [1.54, 1.807) is 24.4 Å². The van der Waals surface area contributed by atoms with Crippen molar-refractivity contribution in [2.24, 2.45) is 0 Å². The average molecular weight is 681 g/mol. The predicted molar refractivity (Wildman–Crippen MR) is 188 cm³/mol. The zero-order valence-corrected chi connectivity index (χ0v) is 27.6. The number of hydrogen-bond acceptors (Lipinski definition) is 9. The third-order valence-corrected chi connectivity index (χ3v) is 9.07. The van der Waals surface area contributed by atoms with Crippen LogP contribution >= 0.6 is 11.3 Å². The fraction of sp³-hybridized carbons (Fsp3) is 0.222. The normalized spacial score (nSPS) is 13.9. The van der Waals surface area contributed by atoms with E-state index in [1.165, 1.54) is 17.4 Å². The van der Waals surface area contributed by atoms with E-state index in [9.17, 15) is 13.6 Å². The largest absolute Gasteiger partial charge is 0.493 e. The second-order valence-electron chi connectivity index (χ2n) is 11.8. The van der Waals surface area contributed by atoms with Gasteiger partial charge in [0.15, 0.2) is 4.96 Å². The van der Waals surface area contributed by atoms with Crippen molar-refractivity contribution in [1.29, 1.82) is 0 Å². The molecule has 1 amide bonds. The van der Waals surface area contributed by atoms with Crippen LogP contribution in [0.1, 0.15) is 16.8 Å². The van der Waals surface area contributed by atoms with Gasteiger partial charge in [-0.1, -0.05) is 24.3 Å². The fourth-order valence-electron chi connectivity index (χ4n) is 5.78. The van der Waals surface area contributed by atoms with Crippen molar-refractivity contribution in [3.8, 4) is 28.4 Å². The molecule has 0 spiro atoms. The van der Waals surface area contributed by atoms with Crippen LogP contribution in [-0.2, 0) is 0 Å². The molecule has 0 bridgehead atoms. The Kier molecular flexibility index (Phi) is 9.55. The Morgan fingerprint density at radius 1 is 0.939 bits per heavy atom. The van der Waals surface area contributed by atoms with Crippen molar-refractivity contribution in [3.05, 3.63) is 108 Å². The van der Waals surface area contributed by atoms with Gasteiger partial charge in [-0.2, -0.15) is 0 Å². The maximum Gasteiger partial charge on any atom is 0.261 e. The van der Waals surface area contributed by atoms with E-state index in [0.717, 1.165) is 73.4 Å². The molecule has 3 aromatic carbocycles. The quantitative estimate of drug-likeness (QED) is 0.144. The van der Waals surface area contributed by atoms with E-state index < -0.39 is 23.1 Å². The van der Waals surface area contributed by atoms with E-state index >= 15 is 0 Å². The molecule has 1 saturated heterocycles. The van der Waals surface area contributed by atoms with Crippen molar-refractivity contribution in [1.82, 2.24) is 29.2 Å². The molecule has 250 valence electrons. The molecule has 6 aromatic rings. The standard InChI is InChI=1S/C36H34F2N8O2S/c1-44-15-17-45(18-16-44)14-5-20-48-27-9-3-8-26(23-27)41-35-39-13-12-30(42-35)33-32(43-36-46(33)19-21-49-36)24-6-2-7-25(22-24)40-34(47)31-28(37)10-4-11-29(31)38/h2-4,6-13,19,21-23H,5,14-18,20H2,1H3,(H,40,47)(H,39,41,42). The maximum atomic E-state index is 14.3. The van der Waals surface area contributed by atoms with E-state index in [-0.39, 0.29) is 0 Å². The number of aromatic nitrogens is 4. The van der Waals surface area contributed by atoms with Crippen molar-refractivity contribution in [2.75, 3.05) is 57.0 Å². The molecule has 3 aromatic heterocycles. The number of benzene rings is 3. The van der Waals surface area contributed by atoms with Gasteiger partial charge in [-0.3, -0.25) is 9.20 Å². The molecule has 0 aliphatic carbocycles. The first kappa shape index (κ1) is 32.3. The molecule has 1 aliphatic rings.